The predicted molar refractivity (Wildman–Crippen MR) is 163 cm³/mol. The van der Waals surface area contributed by atoms with Crippen LogP contribution in [0, 0.1) is 6.92 Å². The van der Waals surface area contributed by atoms with Crippen LogP contribution in [0.2, 0.25) is 0 Å². The van der Waals surface area contributed by atoms with Crippen molar-refractivity contribution in [2.45, 2.75) is 52.2 Å². The monoisotopic (exact) mass is 593 g/mol. The predicted octanol–water partition coefficient (Wildman–Crippen LogP) is 4.09. The normalized spacial score (nSPS) is 14.0. The van der Waals surface area contributed by atoms with Gasteiger partial charge >= 0.3 is 0 Å². The molecule has 10 heteroatoms. The third kappa shape index (κ3) is 8.03. The lowest BCUT2D eigenvalue weighted by Gasteiger charge is -2.34. The van der Waals surface area contributed by atoms with E-state index in [0.717, 1.165) is 33.7 Å². The van der Waals surface area contributed by atoms with Crippen molar-refractivity contribution >= 4 is 27.5 Å². The van der Waals surface area contributed by atoms with Gasteiger partial charge in [-0.25, -0.2) is 8.42 Å². The number of carbonyl (C=O) groups excluding carboxylic acids is 2. The van der Waals surface area contributed by atoms with E-state index in [1.54, 1.807) is 18.2 Å². The fraction of sp³-hybridized carbons (Fsp3) is 0.375. The van der Waals surface area contributed by atoms with E-state index < -0.39 is 28.5 Å². The van der Waals surface area contributed by atoms with Gasteiger partial charge in [0.1, 0.15) is 25.8 Å². The maximum absolute atomic E-state index is 14.2. The Morgan fingerprint density at radius 2 is 1.60 bits per heavy atom. The summed E-state index contributed by atoms with van der Waals surface area (Å²) in [5, 5.41) is 3.03. The van der Waals surface area contributed by atoms with Crippen molar-refractivity contribution in [3.63, 3.8) is 0 Å². The minimum atomic E-state index is -3.89. The molecule has 2 amide bonds. The fourth-order valence-corrected chi connectivity index (χ4v) is 5.53. The molecule has 1 N–H and O–H groups in total. The van der Waals surface area contributed by atoms with Gasteiger partial charge in [-0.3, -0.25) is 13.9 Å². The Bertz CT molecular complexity index is 1480. The van der Waals surface area contributed by atoms with Gasteiger partial charge in [0.25, 0.3) is 0 Å². The number of benzene rings is 3. The Hall–Kier alpha value is -4.05. The molecule has 2 atom stereocenters. The first-order valence-corrected chi connectivity index (χ1v) is 16.0. The first-order valence-electron chi connectivity index (χ1n) is 14.1. The van der Waals surface area contributed by atoms with Crippen LogP contribution in [0.1, 0.15) is 37.0 Å². The zero-order valence-electron chi connectivity index (χ0n) is 24.6. The maximum atomic E-state index is 14.2. The molecule has 0 fully saturated rings. The zero-order chi connectivity index (χ0) is 30.3. The Morgan fingerprint density at radius 1 is 0.929 bits per heavy atom. The number of aryl methyl sites for hydroxylation is 1. The number of nitrogens with zero attached hydrogens (tertiary/aromatic N) is 2. The van der Waals surface area contributed by atoms with Gasteiger partial charge in [0.05, 0.1) is 11.9 Å². The standard InChI is InChI=1S/C32H39N3O6S/c1-5-24(3)33-32(37)28(19-25-9-7-6-8-10-25)34(21-26-13-11-23(2)12-14-26)31(36)22-35(42(4,38)39)27-15-16-29-30(20-27)41-18-17-40-29/h6-16,20,24,28H,5,17-19,21-22H2,1-4H3,(H,33,37)/t24-,28-/m1/s1. The molecule has 3 aromatic rings. The van der Waals surface area contributed by atoms with E-state index in [1.165, 1.54) is 4.90 Å². The number of rotatable bonds is 12. The second kappa shape index (κ2) is 13.7. The van der Waals surface area contributed by atoms with Crippen molar-refractivity contribution in [1.82, 2.24) is 10.2 Å². The third-order valence-corrected chi connectivity index (χ3v) is 8.38. The summed E-state index contributed by atoms with van der Waals surface area (Å²) in [5.41, 5.74) is 3.05. The average molecular weight is 594 g/mol. The first-order chi connectivity index (χ1) is 20.0. The number of hydrogen-bond donors (Lipinski definition) is 1. The topological polar surface area (TPSA) is 105 Å². The highest BCUT2D eigenvalue weighted by Gasteiger charge is 2.33. The summed E-state index contributed by atoms with van der Waals surface area (Å²) in [4.78, 5) is 29.5. The van der Waals surface area contributed by atoms with Crippen molar-refractivity contribution in [2.75, 3.05) is 30.3 Å². The first kappa shape index (κ1) is 30.9. The van der Waals surface area contributed by atoms with Crippen LogP contribution in [0.3, 0.4) is 0 Å². The molecule has 9 nitrogen and oxygen atoms in total. The van der Waals surface area contributed by atoms with Gasteiger partial charge in [0.2, 0.25) is 21.8 Å². The van der Waals surface area contributed by atoms with Gasteiger partial charge in [0, 0.05) is 25.1 Å². The van der Waals surface area contributed by atoms with Crippen LogP contribution < -0.4 is 19.1 Å². The van der Waals surface area contributed by atoms with Gasteiger partial charge in [0.15, 0.2) is 11.5 Å². The molecule has 0 aliphatic carbocycles. The van der Waals surface area contributed by atoms with Crippen molar-refractivity contribution in [1.29, 1.82) is 0 Å². The fourth-order valence-electron chi connectivity index (χ4n) is 4.69. The van der Waals surface area contributed by atoms with Crippen molar-refractivity contribution in [2.24, 2.45) is 0 Å². The van der Waals surface area contributed by atoms with E-state index in [-0.39, 0.29) is 30.6 Å². The van der Waals surface area contributed by atoms with Crippen LogP contribution in [0.25, 0.3) is 0 Å². The summed E-state index contributed by atoms with van der Waals surface area (Å²) in [7, 11) is -3.89. The second-order valence-electron chi connectivity index (χ2n) is 10.6. The molecule has 0 radical (unpaired) electrons. The molecular weight excluding hydrogens is 554 g/mol. The molecule has 1 aliphatic heterocycles. The highest BCUT2D eigenvalue weighted by Crippen LogP contribution is 2.34. The Morgan fingerprint density at radius 3 is 2.24 bits per heavy atom. The second-order valence-corrected chi connectivity index (χ2v) is 12.5. The van der Waals surface area contributed by atoms with E-state index in [0.29, 0.717) is 24.7 Å². The van der Waals surface area contributed by atoms with E-state index in [2.05, 4.69) is 5.32 Å². The van der Waals surface area contributed by atoms with Crippen LogP contribution in [-0.4, -0.2) is 63.2 Å². The largest absolute Gasteiger partial charge is 0.486 e. The molecule has 224 valence electrons. The van der Waals surface area contributed by atoms with Crippen LogP contribution in [-0.2, 0) is 32.6 Å². The van der Waals surface area contributed by atoms with E-state index in [9.17, 15) is 18.0 Å². The van der Waals surface area contributed by atoms with Crippen molar-refractivity contribution in [3.05, 3.63) is 89.5 Å². The lowest BCUT2D eigenvalue weighted by molar-refractivity contribution is -0.140. The molecule has 4 rings (SSSR count). The number of ether oxygens (including phenoxy) is 2. The summed E-state index contributed by atoms with van der Waals surface area (Å²) in [6.45, 7) is 6.24. The van der Waals surface area contributed by atoms with Gasteiger partial charge in [-0.2, -0.15) is 0 Å². The number of nitrogens with one attached hydrogen (secondary N) is 1. The van der Waals surface area contributed by atoms with Gasteiger partial charge < -0.3 is 19.7 Å². The summed E-state index contributed by atoms with van der Waals surface area (Å²) >= 11 is 0. The Balaban J connectivity index is 1.73. The maximum Gasteiger partial charge on any atom is 0.244 e. The Labute approximate surface area is 248 Å². The van der Waals surface area contributed by atoms with Crippen molar-refractivity contribution < 1.29 is 27.5 Å². The van der Waals surface area contributed by atoms with E-state index in [4.69, 9.17) is 9.47 Å². The number of anilines is 1. The number of amides is 2. The number of hydrogen-bond acceptors (Lipinski definition) is 6. The minimum Gasteiger partial charge on any atom is -0.486 e. The quantitative estimate of drug-likeness (QED) is 0.339. The number of carbonyl (C=O) groups is 2. The molecular formula is C32H39N3O6S. The molecule has 0 saturated heterocycles. The van der Waals surface area contributed by atoms with Crippen LogP contribution >= 0.6 is 0 Å². The minimum absolute atomic E-state index is 0.0997. The molecule has 3 aromatic carbocycles. The summed E-state index contributed by atoms with van der Waals surface area (Å²) in [6, 6.07) is 21.0. The molecule has 0 unspecified atom stereocenters. The highest BCUT2D eigenvalue weighted by atomic mass is 32.2. The molecule has 0 spiro atoms. The molecule has 0 aromatic heterocycles. The van der Waals surface area contributed by atoms with Gasteiger partial charge in [-0.15, -0.1) is 0 Å². The summed E-state index contributed by atoms with van der Waals surface area (Å²) in [6.07, 6.45) is 2.05. The SMILES string of the molecule is CC[C@@H](C)NC(=O)[C@@H](Cc1ccccc1)N(Cc1ccc(C)cc1)C(=O)CN(c1ccc2c(c1)OCCO2)S(C)(=O)=O. The lowest BCUT2D eigenvalue weighted by atomic mass is 10.0. The molecule has 42 heavy (non-hydrogen) atoms. The van der Waals surface area contributed by atoms with Crippen LogP contribution in [0.4, 0.5) is 5.69 Å². The molecule has 1 heterocycles. The van der Waals surface area contributed by atoms with Gasteiger partial charge in [-0.1, -0.05) is 67.1 Å². The molecule has 0 bridgehead atoms. The smallest absolute Gasteiger partial charge is 0.244 e. The summed E-state index contributed by atoms with van der Waals surface area (Å²) < 4.78 is 38.4. The zero-order valence-corrected chi connectivity index (χ0v) is 25.4. The Kier molecular flexibility index (Phi) is 10.1. The highest BCUT2D eigenvalue weighted by molar-refractivity contribution is 7.92. The van der Waals surface area contributed by atoms with Crippen molar-refractivity contribution in [3.8, 4) is 11.5 Å². The number of sulfonamides is 1. The third-order valence-electron chi connectivity index (χ3n) is 7.24. The van der Waals surface area contributed by atoms with Gasteiger partial charge in [-0.05, 0) is 43.5 Å². The average Bonchev–Trinajstić information content (AvgIpc) is 2.98. The number of fused-ring (bicyclic) bond motifs is 1. The summed E-state index contributed by atoms with van der Waals surface area (Å²) in [5.74, 6) is 0.122. The van der Waals surface area contributed by atoms with Crippen LogP contribution in [0.5, 0.6) is 11.5 Å². The van der Waals surface area contributed by atoms with E-state index in [1.807, 2.05) is 75.4 Å². The van der Waals surface area contributed by atoms with Crippen LogP contribution in [0.15, 0.2) is 72.8 Å². The van der Waals surface area contributed by atoms with E-state index >= 15 is 0 Å². The molecule has 0 saturated carbocycles. The molecule has 1 aliphatic rings. The lowest BCUT2D eigenvalue weighted by Crippen LogP contribution is -2.54.